The molecule has 0 saturated carbocycles. The molecule has 0 spiro atoms. The van der Waals surface area contributed by atoms with Gasteiger partial charge in [-0.1, -0.05) is 11.6 Å². The summed E-state index contributed by atoms with van der Waals surface area (Å²) >= 11 is 5.84. The number of hydrogen-bond acceptors (Lipinski definition) is 4. The van der Waals surface area contributed by atoms with Crippen molar-refractivity contribution in [2.75, 3.05) is 11.4 Å². The third-order valence-electron chi connectivity index (χ3n) is 4.31. The molecule has 1 fully saturated rings. The molecule has 0 aliphatic carbocycles. The molecular formula is C18H16ClF3N2O3. The van der Waals surface area contributed by atoms with E-state index in [1.54, 1.807) is 24.3 Å². The van der Waals surface area contributed by atoms with E-state index in [0.29, 0.717) is 11.9 Å². The van der Waals surface area contributed by atoms with Crippen molar-refractivity contribution in [3.8, 4) is 11.6 Å². The van der Waals surface area contributed by atoms with Gasteiger partial charge in [-0.25, -0.2) is 4.98 Å². The van der Waals surface area contributed by atoms with E-state index in [0.717, 1.165) is 31.1 Å². The van der Waals surface area contributed by atoms with Crippen molar-refractivity contribution in [3.05, 3.63) is 47.1 Å². The highest BCUT2D eigenvalue weighted by Gasteiger charge is 2.32. The van der Waals surface area contributed by atoms with Crippen LogP contribution in [0.4, 0.5) is 18.9 Å². The Hall–Kier alpha value is -2.48. The molecular weight excluding hydrogens is 385 g/mol. The van der Waals surface area contributed by atoms with Gasteiger partial charge in [0.1, 0.15) is 10.8 Å². The second-order valence-corrected chi connectivity index (χ2v) is 6.60. The van der Waals surface area contributed by atoms with E-state index in [4.69, 9.17) is 21.4 Å². The van der Waals surface area contributed by atoms with Gasteiger partial charge in [-0.05, 0) is 43.2 Å². The lowest BCUT2D eigenvalue weighted by Gasteiger charge is -2.25. The van der Waals surface area contributed by atoms with Crippen LogP contribution in [0.15, 0.2) is 36.5 Å². The zero-order chi connectivity index (χ0) is 19.6. The van der Waals surface area contributed by atoms with E-state index < -0.39 is 17.7 Å². The van der Waals surface area contributed by atoms with Crippen LogP contribution in [-0.4, -0.2) is 28.6 Å². The molecule has 0 bridgehead atoms. The van der Waals surface area contributed by atoms with E-state index in [9.17, 15) is 18.0 Å². The van der Waals surface area contributed by atoms with Gasteiger partial charge in [0.2, 0.25) is 5.88 Å². The fourth-order valence-corrected chi connectivity index (χ4v) is 3.27. The third kappa shape index (κ3) is 4.63. The molecule has 3 rings (SSSR count). The summed E-state index contributed by atoms with van der Waals surface area (Å²) in [5.41, 5.74) is -0.0914. The summed E-state index contributed by atoms with van der Waals surface area (Å²) in [6.45, 7) is 0.768. The van der Waals surface area contributed by atoms with E-state index in [1.165, 1.54) is 0 Å². The lowest BCUT2D eigenvalue weighted by atomic mass is 10.1. The number of ether oxygens (including phenoxy) is 1. The highest BCUT2D eigenvalue weighted by Crippen LogP contribution is 2.35. The number of aliphatic carboxylic acids is 1. The first-order valence-corrected chi connectivity index (χ1v) is 8.61. The molecule has 5 nitrogen and oxygen atoms in total. The Labute approximate surface area is 158 Å². The Morgan fingerprint density at radius 2 is 2.04 bits per heavy atom. The van der Waals surface area contributed by atoms with Crippen molar-refractivity contribution >= 4 is 23.3 Å². The summed E-state index contributed by atoms with van der Waals surface area (Å²) in [5, 5.41) is 8.77. The SMILES string of the molecule is O=C(O)C[C@@H]1CCCN1c1ccc(Oc2ncc(C(F)(F)F)cc2Cl)cc1. The lowest BCUT2D eigenvalue weighted by molar-refractivity contribution is -0.138. The predicted molar refractivity (Wildman–Crippen MR) is 93.4 cm³/mol. The molecule has 0 amide bonds. The standard InChI is InChI=1S/C18H16ClF3N2O3/c19-15-8-11(18(20,21)22)10-23-17(15)27-14-5-3-12(4-6-14)24-7-1-2-13(24)9-16(25)26/h3-6,8,10,13H,1-2,7,9H2,(H,25,26)/t13-/m0/s1. The Morgan fingerprint density at radius 3 is 2.63 bits per heavy atom. The minimum Gasteiger partial charge on any atom is -0.481 e. The van der Waals surface area contributed by atoms with Crippen LogP contribution in [0.1, 0.15) is 24.8 Å². The van der Waals surface area contributed by atoms with Gasteiger partial charge in [-0.3, -0.25) is 4.79 Å². The van der Waals surface area contributed by atoms with Crippen LogP contribution in [0.25, 0.3) is 0 Å². The minimum atomic E-state index is -4.53. The van der Waals surface area contributed by atoms with Gasteiger partial charge in [0.25, 0.3) is 0 Å². The lowest BCUT2D eigenvalue weighted by Crippen LogP contribution is -2.31. The molecule has 0 radical (unpaired) electrons. The van der Waals surface area contributed by atoms with E-state index in [-0.39, 0.29) is 23.4 Å². The van der Waals surface area contributed by atoms with Crippen LogP contribution in [0.2, 0.25) is 5.02 Å². The molecule has 2 heterocycles. The zero-order valence-corrected chi connectivity index (χ0v) is 14.8. The molecule has 1 saturated heterocycles. The predicted octanol–water partition coefficient (Wildman–Crippen LogP) is 4.99. The van der Waals surface area contributed by atoms with Crippen molar-refractivity contribution in [1.82, 2.24) is 4.98 Å². The number of alkyl halides is 3. The van der Waals surface area contributed by atoms with E-state index in [2.05, 4.69) is 4.98 Å². The Morgan fingerprint density at radius 1 is 1.33 bits per heavy atom. The van der Waals surface area contributed by atoms with Crippen LogP contribution in [0, 0.1) is 0 Å². The normalized spacial score (nSPS) is 17.2. The maximum atomic E-state index is 12.6. The first kappa shape index (κ1) is 19.3. The molecule has 144 valence electrons. The number of carboxylic acids is 1. The average Bonchev–Trinajstić information content (AvgIpc) is 3.04. The molecule has 1 atom stereocenters. The van der Waals surface area contributed by atoms with Crippen molar-refractivity contribution in [2.45, 2.75) is 31.5 Å². The van der Waals surface area contributed by atoms with Gasteiger partial charge >= 0.3 is 12.1 Å². The number of halogens is 4. The number of nitrogens with zero attached hydrogens (tertiary/aromatic N) is 2. The summed E-state index contributed by atoms with van der Waals surface area (Å²) in [7, 11) is 0. The van der Waals surface area contributed by atoms with Gasteiger partial charge in [0, 0.05) is 24.5 Å². The van der Waals surface area contributed by atoms with Gasteiger partial charge < -0.3 is 14.7 Å². The third-order valence-corrected chi connectivity index (χ3v) is 4.58. The largest absolute Gasteiger partial charge is 0.481 e. The number of carboxylic acid groups (broad SMARTS) is 1. The van der Waals surface area contributed by atoms with E-state index in [1.807, 2.05) is 4.90 Å². The molecule has 0 unspecified atom stereocenters. The quantitative estimate of drug-likeness (QED) is 0.766. The average molecular weight is 401 g/mol. The van der Waals surface area contributed by atoms with Crippen molar-refractivity contribution in [3.63, 3.8) is 0 Å². The number of hydrogen-bond donors (Lipinski definition) is 1. The monoisotopic (exact) mass is 400 g/mol. The van der Waals surface area contributed by atoms with Crippen LogP contribution < -0.4 is 9.64 Å². The minimum absolute atomic E-state index is 0.0553. The van der Waals surface area contributed by atoms with Crippen LogP contribution in [0.3, 0.4) is 0 Å². The molecule has 1 aliphatic heterocycles. The molecule has 9 heteroatoms. The van der Waals surface area contributed by atoms with Gasteiger partial charge in [-0.2, -0.15) is 13.2 Å². The van der Waals surface area contributed by atoms with Crippen molar-refractivity contribution in [2.24, 2.45) is 0 Å². The van der Waals surface area contributed by atoms with E-state index >= 15 is 0 Å². The number of pyridine rings is 1. The number of aromatic nitrogens is 1. The first-order chi connectivity index (χ1) is 12.7. The van der Waals surface area contributed by atoms with Crippen LogP contribution >= 0.6 is 11.6 Å². The zero-order valence-electron chi connectivity index (χ0n) is 14.0. The second kappa shape index (κ2) is 7.64. The Kier molecular flexibility index (Phi) is 5.46. The fourth-order valence-electron chi connectivity index (χ4n) is 3.06. The maximum Gasteiger partial charge on any atom is 0.417 e. The molecule has 2 aromatic rings. The number of anilines is 1. The Balaban J connectivity index is 1.72. The summed E-state index contributed by atoms with van der Waals surface area (Å²) in [6, 6.07) is 7.53. The summed E-state index contributed by atoms with van der Waals surface area (Å²) in [5.74, 6) is -0.598. The van der Waals surface area contributed by atoms with Crippen LogP contribution in [0.5, 0.6) is 11.6 Å². The fraction of sp³-hybridized carbons (Fsp3) is 0.333. The molecule has 27 heavy (non-hydrogen) atoms. The second-order valence-electron chi connectivity index (χ2n) is 6.19. The maximum absolute atomic E-state index is 12.6. The highest BCUT2D eigenvalue weighted by molar-refractivity contribution is 6.31. The number of rotatable bonds is 5. The van der Waals surface area contributed by atoms with Crippen molar-refractivity contribution in [1.29, 1.82) is 0 Å². The molecule has 1 aromatic carbocycles. The molecule has 1 N–H and O–H groups in total. The highest BCUT2D eigenvalue weighted by atomic mass is 35.5. The van der Waals surface area contributed by atoms with Crippen LogP contribution in [-0.2, 0) is 11.0 Å². The van der Waals surface area contributed by atoms with Gasteiger partial charge in [0.15, 0.2) is 0 Å². The topological polar surface area (TPSA) is 62.7 Å². The molecule has 1 aromatic heterocycles. The first-order valence-electron chi connectivity index (χ1n) is 8.23. The Bertz CT molecular complexity index is 828. The van der Waals surface area contributed by atoms with Crippen molar-refractivity contribution < 1.29 is 27.8 Å². The summed E-state index contributed by atoms with van der Waals surface area (Å²) in [4.78, 5) is 16.6. The van der Waals surface area contributed by atoms with Gasteiger partial charge in [-0.15, -0.1) is 0 Å². The number of benzene rings is 1. The number of carbonyl (C=O) groups is 1. The summed E-state index contributed by atoms with van der Waals surface area (Å²) < 4.78 is 43.4. The van der Waals surface area contributed by atoms with Gasteiger partial charge in [0.05, 0.1) is 12.0 Å². The molecule has 1 aliphatic rings. The summed E-state index contributed by atoms with van der Waals surface area (Å²) in [6.07, 6.45) is -2.06. The smallest absolute Gasteiger partial charge is 0.417 e.